The van der Waals surface area contributed by atoms with Crippen LogP contribution in [0.4, 0.5) is 0 Å². The quantitative estimate of drug-likeness (QED) is 0.672. The molecule has 0 unspecified atom stereocenters. The van der Waals surface area contributed by atoms with Gasteiger partial charge in [-0.25, -0.2) is 8.42 Å². The predicted octanol–water partition coefficient (Wildman–Crippen LogP) is 3.05. The highest BCUT2D eigenvalue weighted by Gasteiger charge is 2.29. The van der Waals surface area contributed by atoms with Crippen molar-refractivity contribution in [1.82, 2.24) is 14.5 Å². The molecule has 2 atom stereocenters. The Labute approximate surface area is 196 Å². The van der Waals surface area contributed by atoms with E-state index < -0.39 is 10.0 Å². The molecular formula is C25H33N3O4S. The third-order valence-corrected chi connectivity index (χ3v) is 8.39. The predicted molar refractivity (Wildman–Crippen MR) is 128 cm³/mol. The number of benzene rings is 2. The summed E-state index contributed by atoms with van der Waals surface area (Å²) in [6.07, 6.45) is 2.85. The summed E-state index contributed by atoms with van der Waals surface area (Å²) in [6, 6.07) is 16.4. The lowest BCUT2D eigenvalue weighted by Gasteiger charge is -2.38. The van der Waals surface area contributed by atoms with Crippen molar-refractivity contribution in [2.45, 2.75) is 43.2 Å². The second-order valence-corrected chi connectivity index (χ2v) is 10.7. The summed E-state index contributed by atoms with van der Waals surface area (Å²) in [7, 11) is -3.51. The molecule has 2 fully saturated rings. The van der Waals surface area contributed by atoms with E-state index in [0.717, 1.165) is 37.9 Å². The molecule has 178 valence electrons. The Bertz CT molecular complexity index is 1020. The highest BCUT2D eigenvalue weighted by atomic mass is 32.2. The molecule has 2 aromatic carbocycles. The average molecular weight is 472 g/mol. The number of ether oxygens (including phenoxy) is 1. The molecular weight excluding hydrogens is 438 g/mol. The van der Waals surface area contributed by atoms with Crippen LogP contribution in [0.25, 0.3) is 0 Å². The molecule has 1 N–H and O–H groups in total. The van der Waals surface area contributed by atoms with Crippen LogP contribution in [-0.4, -0.2) is 69.0 Å². The number of hydrogen-bond acceptors (Lipinski definition) is 5. The second-order valence-electron chi connectivity index (χ2n) is 8.76. The Morgan fingerprint density at radius 2 is 1.55 bits per heavy atom. The van der Waals surface area contributed by atoms with Crippen molar-refractivity contribution in [3.63, 3.8) is 0 Å². The van der Waals surface area contributed by atoms with Gasteiger partial charge >= 0.3 is 0 Å². The third kappa shape index (κ3) is 5.63. The molecule has 4 rings (SSSR count). The lowest BCUT2D eigenvalue weighted by molar-refractivity contribution is 0.00888. The van der Waals surface area contributed by atoms with Crippen LogP contribution in [0.15, 0.2) is 59.5 Å². The Balaban J connectivity index is 1.47. The molecule has 0 aliphatic carbocycles. The summed E-state index contributed by atoms with van der Waals surface area (Å²) in [5, 5.41) is 3.13. The zero-order chi connectivity index (χ0) is 23.3. The van der Waals surface area contributed by atoms with Gasteiger partial charge in [0.05, 0.1) is 24.2 Å². The van der Waals surface area contributed by atoms with E-state index in [1.165, 1.54) is 0 Å². The first kappa shape index (κ1) is 23.9. The Morgan fingerprint density at radius 3 is 2.18 bits per heavy atom. The van der Waals surface area contributed by atoms with Gasteiger partial charge in [0.15, 0.2) is 0 Å². The van der Waals surface area contributed by atoms with Gasteiger partial charge in [0.25, 0.3) is 5.91 Å². The standard InChI is InChI=1S/C25H33N3O4S/c1-20(24(21-8-4-2-5-9-21)27-16-18-32-19-17-27)26-25(29)22-10-12-23(13-11-22)33(30,31)28-14-6-3-7-15-28/h2,4-5,8-13,20,24H,3,6-7,14-19H2,1H3,(H,26,29)/t20-,24-/m1/s1. The maximum Gasteiger partial charge on any atom is 0.251 e. The van der Waals surface area contributed by atoms with E-state index in [1.54, 1.807) is 28.6 Å². The van der Waals surface area contributed by atoms with Gasteiger partial charge in [-0.3, -0.25) is 9.69 Å². The number of rotatable bonds is 7. The molecule has 1 amide bonds. The monoisotopic (exact) mass is 471 g/mol. The van der Waals surface area contributed by atoms with Crippen LogP contribution in [0.2, 0.25) is 0 Å². The van der Waals surface area contributed by atoms with E-state index in [4.69, 9.17) is 4.74 Å². The van der Waals surface area contributed by atoms with Crippen molar-refractivity contribution < 1.29 is 17.9 Å². The molecule has 2 aliphatic heterocycles. The molecule has 2 saturated heterocycles. The number of nitrogens with one attached hydrogen (secondary N) is 1. The molecule has 2 heterocycles. The fourth-order valence-electron chi connectivity index (χ4n) is 4.72. The summed E-state index contributed by atoms with van der Waals surface area (Å²) in [5.74, 6) is -0.210. The van der Waals surface area contributed by atoms with E-state index >= 15 is 0 Å². The van der Waals surface area contributed by atoms with Gasteiger partial charge < -0.3 is 10.1 Å². The maximum atomic E-state index is 13.0. The van der Waals surface area contributed by atoms with Crippen molar-refractivity contribution in [1.29, 1.82) is 0 Å². The van der Waals surface area contributed by atoms with Crippen LogP contribution in [0.5, 0.6) is 0 Å². The summed E-state index contributed by atoms with van der Waals surface area (Å²) in [6.45, 7) is 6.11. The normalized spacial score (nSPS) is 20.2. The number of piperidine rings is 1. The minimum atomic E-state index is -3.51. The average Bonchev–Trinajstić information content (AvgIpc) is 2.86. The van der Waals surface area contributed by atoms with Crippen LogP contribution in [0.1, 0.15) is 48.1 Å². The van der Waals surface area contributed by atoms with Gasteiger partial charge in [-0.2, -0.15) is 4.31 Å². The molecule has 33 heavy (non-hydrogen) atoms. The van der Waals surface area contributed by atoms with E-state index in [9.17, 15) is 13.2 Å². The third-order valence-electron chi connectivity index (χ3n) is 6.48. The minimum absolute atomic E-state index is 0.0257. The number of hydrogen-bond donors (Lipinski definition) is 1. The van der Waals surface area contributed by atoms with Crippen molar-refractivity contribution in [3.05, 3.63) is 65.7 Å². The topological polar surface area (TPSA) is 79.0 Å². The molecule has 8 heteroatoms. The SMILES string of the molecule is C[C@@H](NC(=O)c1ccc(S(=O)(=O)N2CCCCC2)cc1)[C@H](c1ccccc1)N1CCOCC1. The summed E-state index contributed by atoms with van der Waals surface area (Å²) in [5.41, 5.74) is 1.60. The Morgan fingerprint density at radius 1 is 0.909 bits per heavy atom. The fourth-order valence-corrected chi connectivity index (χ4v) is 6.24. The van der Waals surface area contributed by atoms with Crippen LogP contribution >= 0.6 is 0 Å². The zero-order valence-corrected chi connectivity index (χ0v) is 20.0. The minimum Gasteiger partial charge on any atom is -0.379 e. The Kier molecular flexibility index (Phi) is 7.80. The zero-order valence-electron chi connectivity index (χ0n) is 19.2. The molecule has 0 aromatic heterocycles. The Hall–Kier alpha value is -2.26. The summed E-state index contributed by atoms with van der Waals surface area (Å²) < 4.78 is 32.8. The molecule has 2 aromatic rings. The number of nitrogens with zero attached hydrogens (tertiary/aromatic N) is 2. The lowest BCUT2D eigenvalue weighted by atomic mass is 9.97. The number of carbonyl (C=O) groups excluding carboxylic acids is 1. The van der Waals surface area contributed by atoms with Gasteiger partial charge in [-0.15, -0.1) is 0 Å². The molecule has 0 saturated carbocycles. The molecule has 0 bridgehead atoms. The van der Waals surface area contributed by atoms with Gasteiger partial charge in [-0.05, 0) is 49.6 Å². The van der Waals surface area contributed by atoms with Crippen molar-refractivity contribution in [3.8, 4) is 0 Å². The van der Waals surface area contributed by atoms with Crippen LogP contribution in [-0.2, 0) is 14.8 Å². The van der Waals surface area contributed by atoms with E-state index in [1.807, 2.05) is 25.1 Å². The molecule has 0 radical (unpaired) electrons. The van der Waals surface area contributed by atoms with Crippen LogP contribution < -0.4 is 5.32 Å². The first-order chi connectivity index (χ1) is 16.0. The van der Waals surface area contributed by atoms with Gasteiger partial charge in [-0.1, -0.05) is 36.8 Å². The first-order valence-electron chi connectivity index (χ1n) is 11.7. The molecule has 0 spiro atoms. The number of sulfonamides is 1. The van der Waals surface area contributed by atoms with Gasteiger partial charge in [0.1, 0.15) is 0 Å². The van der Waals surface area contributed by atoms with Gasteiger partial charge in [0, 0.05) is 37.8 Å². The smallest absolute Gasteiger partial charge is 0.251 e. The van der Waals surface area contributed by atoms with Crippen molar-refractivity contribution >= 4 is 15.9 Å². The van der Waals surface area contributed by atoms with E-state index in [-0.39, 0.29) is 22.9 Å². The number of carbonyl (C=O) groups is 1. The van der Waals surface area contributed by atoms with Crippen LogP contribution in [0, 0.1) is 0 Å². The highest BCUT2D eigenvalue weighted by Crippen LogP contribution is 2.26. The van der Waals surface area contributed by atoms with Gasteiger partial charge in [0.2, 0.25) is 10.0 Å². The van der Waals surface area contributed by atoms with Crippen molar-refractivity contribution in [2.24, 2.45) is 0 Å². The largest absolute Gasteiger partial charge is 0.379 e. The fraction of sp³-hybridized carbons (Fsp3) is 0.480. The molecule has 2 aliphatic rings. The summed E-state index contributed by atoms with van der Waals surface area (Å²) >= 11 is 0. The number of morpholine rings is 1. The van der Waals surface area contributed by atoms with E-state index in [2.05, 4.69) is 22.3 Å². The second kappa shape index (κ2) is 10.8. The lowest BCUT2D eigenvalue weighted by Crippen LogP contribution is -2.48. The number of amides is 1. The summed E-state index contributed by atoms with van der Waals surface area (Å²) in [4.78, 5) is 15.6. The van der Waals surface area contributed by atoms with Crippen LogP contribution in [0.3, 0.4) is 0 Å². The first-order valence-corrected chi connectivity index (χ1v) is 13.2. The maximum absolute atomic E-state index is 13.0. The van der Waals surface area contributed by atoms with E-state index in [0.29, 0.717) is 31.9 Å². The molecule has 7 nitrogen and oxygen atoms in total. The van der Waals surface area contributed by atoms with Crippen molar-refractivity contribution in [2.75, 3.05) is 39.4 Å². The highest BCUT2D eigenvalue weighted by molar-refractivity contribution is 7.89.